The fourth-order valence-corrected chi connectivity index (χ4v) is 3.75. The smallest absolute Gasteiger partial charge is 0.256 e. The number of halogens is 1. The van der Waals surface area contributed by atoms with E-state index in [1.54, 1.807) is 11.0 Å². The highest BCUT2D eigenvalue weighted by molar-refractivity contribution is 14.1. The first-order valence-corrected chi connectivity index (χ1v) is 10.4. The van der Waals surface area contributed by atoms with Crippen LogP contribution in [-0.4, -0.2) is 25.0 Å². The van der Waals surface area contributed by atoms with E-state index in [0.717, 1.165) is 3.57 Å². The molecule has 2 amide bonds. The monoisotopic (exact) mass is 492 g/mol. The number of rotatable bonds is 4. The van der Waals surface area contributed by atoms with Crippen LogP contribution >= 0.6 is 22.6 Å². The van der Waals surface area contributed by atoms with Gasteiger partial charge >= 0.3 is 0 Å². The van der Waals surface area contributed by atoms with Crippen LogP contribution in [0.25, 0.3) is 0 Å². The molecular weight excluding hydrogens is 467 g/mol. The number of hydrogen-bond donors (Lipinski definition) is 1. The summed E-state index contributed by atoms with van der Waals surface area (Å²) < 4.78 is 6.82. The highest BCUT2D eigenvalue weighted by Gasteiger charge is 2.38. The summed E-state index contributed by atoms with van der Waals surface area (Å²) in [5.74, 6) is 0.810. The lowest BCUT2D eigenvalue weighted by Gasteiger charge is -2.29. The maximum absolute atomic E-state index is 13.1. The van der Waals surface area contributed by atoms with E-state index in [1.165, 1.54) is 0 Å². The lowest BCUT2D eigenvalue weighted by molar-refractivity contribution is -0.127. The molecule has 0 spiro atoms. The number of anilines is 2. The van der Waals surface area contributed by atoms with Crippen molar-refractivity contribution in [1.29, 1.82) is 0 Å². The zero-order valence-electron chi connectivity index (χ0n) is 16.6. The van der Waals surface area contributed by atoms with Crippen LogP contribution in [0.2, 0.25) is 0 Å². The van der Waals surface area contributed by atoms with Gasteiger partial charge in [-0.1, -0.05) is 26.0 Å². The number of nitrogens with zero attached hydrogens (tertiary/aromatic N) is 1. The van der Waals surface area contributed by atoms with Crippen molar-refractivity contribution in [2.75, 3.05) is 23.4 Å². The standard InChI is InChI=1S/C22H25IN2O3/c1-14(2)12-25-18-11-15(24-20(26)16-7-5-6-8-17(16)23)9-10-19(18)28-13-22(3,4)21(25)27/h5-11,14H,12-13H2,1-4H3,(H,24,26). The minimum atomic E-state index is -0.614. The van der Waals surface area contributed by atoms with E-state index in [4.69, 9.17) is 4.74 Å². The quantitative estimate of drug-likeness (QED) is 0.615. The van der Waals surface area contributed by atoms with Crippen molar-refractivity contribution >= 4 is 45.8 Å². The molecule has 0 radical (unpaired) electrons. The zero-order valence-corrected chi connectivity index (χ0v) is 18.7. The summed E-state index contributed by atoms with van der Waals surface area (Å²) in [6, 6.07) is 12.9. The van der Waals surface area contributed by atoms with Crippen LogP contribution in [0, 0.1) is 14.9 Å². The van der Waals surface area contributed by atoms with Gasteiger partial charge in [0.15, 0.2) is 0 Å². The number of nitrogens with one attached hydrogen (secondary N) is 1. The molecule has 28 heavy (non-hydrogen) atoms. The Hall–Kier alpha value is -2.09. The summed E-state index contributed by atoms with van der Waals surface area (Å²) in [6.07, 6.45) is 0. The minimum Gasteiger partial charge on any atom is -0.490 e. The van der Waals surface area contributed by atoms with E-state index < -0.39 is 5.41 Å². The Morgan fingerprint density at radius 3 is 2.64 bits per heavy atom. The molecule has 5 nitrogen and oxygen atoms in total. The van der Waals surface area contributed by atoms with Gasteiger partial charge in [-0.3, -0.25) is 9.59 Å². The zero-order chi connectivity index (χ0) is 20.5. The first kappa shape index (κ1) is 20.6. The van der Waals surface area contributed by atoms with Crippen molar-refractivity contribution in [2.45, 2.75) is 27.7 Å². The molecule has 0 atom stereocenters. The first-order valence-electron chi connectivity index (χ1n) is 9.34. The third-order valence-corrected chi connectivity index (χ3v) is 5.53. The minimum absolute atomic E-state index is 0.0287. The maximum Gasteiger partial charge on any atom is 0.256 e. The van der Waals surface area contributed by atoms with E-state index >= 15 is 0 Å². The second-order valence-corrected chi connectivity index (χ2v) is 9.26. The summed E-state index contributed by atoms with van der Waals surface area (Å²) in [6.45, 7) is 8.86. The Morgan fingerprint density at radius 2 is 1.96 bits per heavy atom. The molecule has 148 valence electrons. The second kappa shape index (κ2) is 8.11. The third-order valence-electron chi connectivity index (χ3n) is 4.59. The molecule has 0 saturated heterocycles. The van der Waals surface area contributed by atoms with Crippen LogP contribution in [0.15, 0.2) is 42.5 Å². The molecule has 6 heteroatoms. The highest BCUT2D eigenvalue weighted by atomic mass is 127. The molecule has 1 aliphatic heterocycles. The molecule has 1 heterocycles. The van der Waals surface area contributed by atoms with Gasteiger partial charge in [0.2, 0.25) is 5.91 Å². The Bertz CT molecular complexity index is 908. The van der Waals surface area contributed by atoms with E-state index in [0.29, 0.717) is 41.8 Å². The van der Waals surface area contributed by atoms with Crippen LogP contribution in [0.5, 0.6) is 5.75 Å². The summed E-state index contributed by atoms with van der Waals surface area (Å²) >= 11 is 2.15. The SMILES string of the molecule is CC(C)CN1C(=O)C(C)(C)COc2ccc(NC(=O)c3ccccc3I)cc21. The highest BCUT2D eigenvalue weighted by Crippen LogP contribution is 2.38. The lowest BCUT2D eigenvalue weighted by Crippen LogP contribution is -2.43. The maximum atomic E-state index is 13.1. The van der Waals surface area contributed by atoms with Crippen LogP contribution in [0.3, 0.4) is 0 Å². The van der Waals surface area contributed by atoms with E-state index in [2.05, 4.69) is 41.8 Å². The molecule has 1 N–H and O–H groups in total. The van der Waals surface area contributed by atoms with Gasteiger partial charge in [0.05, 0.1) is 16.7 Å². The van der Waals surface area contributed by atoms with Crippen LogP contribution < -0.4 is 15.0 Å². The van der Waals surface area contributed by atoms with Gasteiger partial charge in [0, 0.05) is 15.8 Å². The molecular formula is C22H25IN2O3. The molecule has 2 aromatic carbocycles. The van der Waals surface area contributed by atoms with Crippen molar-refractivity contribution in [2.24, 2.45) is 11.3 Å². The van der Waals surface area contributed by atoms with Crippen LogP contribution in [0.1, 0.15) is 38.1 Å². The van der Waals surface area contributed by atoms with Crippen LogP contribution in [-0.2, 0) is 4.79 Å². The van der Waals surface area contributed by atoms with E-state index in [9.17, 15) is 9.59 Å². The molecule has 0 bridgehead atoms. The number of ether oxygens (including phenoxy) is 1. The van der Waals surface area contributed by atoms with Gasteiger partial charge in [0.25, 0.3) is 5.91 Å². The number of benzene rings is 2. The van der Waals surface area contributed by atoms with Gasteiger partial charge < -0.3 is 15.0 Å². The van der Waals surface area contributed by atoms with Gasteiger partial charge in [-0.15, -0.1) is 0 Å². The van der Waals surface area contributed by atoms with Crippen molar-refractivity contribution in [3.05, 3.63) is 51.6 Å². The fraction of sp³-hybridized carbons (Fsp3) is 0.364. The summed E-state index contributed by atoms with van der Waals surface area (Å²) in [5, 5.41) is 2.94. The number of fused-ring (bicyclic) bond motifs is 1. The van der Waals surface area contributed by atoms with Crippen molar-refractivity contribution in [1.82, 2.24) is 0 Å². The molecule has 2 aromatic rings. The molecule has 0 aliphatic carbocycles. The number of amides is 2. The predicted octanol–water partition coefficient (Wildman–Crippen LogP) is 4.95. The topological polar surface area (TPSA) is 58.6 Å². The average molecular weight is 492 g/mol. The number of carbonyl (C=O) groups excluding carboxylic acids is 2. The first-order chi connectivity index (χ1) is 13.2. The number of carbonyl (C=O) groups is 2. The molecule has 0 fully saturated rings. The van der Waals surface area contributed by atoms with Gasteiger partial charge in [-0.25, -0.2) is 0 Å². The summed E-state index contributed by atoms with van der Waals surface area (Å²) in [4.78, 5) is 27.6. The van der Waals surface area contributed by atoms with Crippen molar-refractivity contribution in [3.8, 4) is 5.75 Å². The Morgan fingerprint density at radius 1 is 1.25 bits per heavy atom. The van der Waals surface area contributed by atoms with Crippen LogP contribution in [0.4, 0.5) is 11.4 Å². The third kappa shape index (κ3) is 4.32. The molecule has 0 unspecified atom stereocenters. The van der Waals surface area contributed by atoms with E-state index in [-0.39, 0.29) is 11.8 Å². The summed E-state index contributed by atoms with van der Waals surface area (Å²) in [7, 11) is 0. The van der Waals surface area contributed by atoms with E-state index in [1.807, 2.05) is 50.2 Å². The van der Waals surface area contributed by atoms with Gasteiger partial charge in [-0.2, -0.15) is 0 Å². The summed E-state index contributed by atoms with van der Waals surface area (Å²) in [5.41, 5.74) is 1.33. The normalized spacial score (nSPS) is 15.6. The molecule has 0 aromatic heterocycles. The van der Waals surface area contributed by atoms with Crippen molar-refractivity contribution in [3.63, 3.8) is 0 Å². The van der Waals surface area contributed by atoms with Gasteiger partial charge in [0.1, 0.15) is 12.4 Å². The predicted molar refractivity (Wildman–Crippen MR) is 120 cm³/mol. The molecule has 0 saturated carbocycles. The number of hydrogen-bond acceptors (Lipinski definition) is 3. The Labute approximate surface area is 179 Å². The van der Waals surface area contributed by atoms with Gasteiger partial charge in [-0.05, 0) is 72.7 Å². The molecule has 3 rings (SSSR count). The largest absolute Gasteiger partial charge is 0.490 e. The lowest BCUT2D eigenvalue weighted by atomic mass is 9.92. The average Bonchev–Trinajstić information content (AvgIpc) is 2.72. The molecule has 1 aliphatic rings. The van der Waals surface area contributed by atoms with Crippen molar-refractivity contribution < 1.29 is 14.3 Å². The Kier molecular flexibility index (Phi) is 5.98. The Balaban J connectivity index is 1.95. The fourth-order valence-electron chi connectivity index (χ4n) is 3.11. The second-order valence-electron chi connectivity index (χ2n) is 8.10.